The van der Waals surface area contributed by atoms with E-state index in [4.69, 9.17) is 0 Å². The SMILES string of the molecule is Cc1ccc(-n2ncc3c(SCc4cccc(F)c4)ncnc32)cc1. The number of halogens is 1. The summed E-state index contributed by atoms with van der Waals surface area (Å²) in [6.07, 6.45) is 3.33. The Kier molecular flexibility index (Phi) is 4.19. The minimum absolute atomic E-state index is 0.224. The van der Waals surface area contributed by atoms with Gasteiger partial charge in [-0.05, 0) is 36.8 Å². The lowest BCUT2D eigenvalue weighted by Gasteiger charge is -2.05. The largest absolute Gasteiger partial charge is 0.229 e. The van der Waals surface area contributed by atoms with E-state index in [1.54, 1.807) is 36.4 Å². The molecule has 124 valence electrons. The van der Waals surface area contributed by atoms with Gasteiger partial charge in [0, 0.05) is 5.75 Å². The molecular weight excluding hydrogens is 335 g/mol. The van der Waals surface area contributed by atoms with E-state index in [0.717, 1.165) is 27.3 Å². The molecule has 4 nitrogen and oxygen atoms in total. The van der Waals surface area contributed by atoms with Crippen molar-refractivity contribution in [3.63, 3.8) is 0 Å². The van der Waals surface area contributed by atoms with Crippen molar-refractivity contribution < 1.29 is 4.39 Å². The normalized spacial score (nSPS) is 11.1. The number of nitrogens with zero attached hydrogens (tertiary/aromatic N) is 4. The molecule has 0 fully saturated rings. The second kappa shape index (κ2) is 6.64. The number of fused-ring (bicyclic) bond motifs is 1. The van der Waals surface area contributed by atoms with Gasteiger partial charge in [0.05, 0.1) is 17.3 Å². The summed E-state index contributed by atoms with van der Waals surface area (Å²) in [6.45, 7) is 2.05. The van der Waals surface area contributed by atoms with Crippen molar-refractivity contribution in [2.75, 3.05) is 0 Å². The Labute approximate surface area is 148 Å². The predicted molar refractivity (Wildman–Crippen MR) is 97.4 cm³/mol. The summed E-state index contributed by atoms with van der Waals surface area (Å²) in [5.74, 6) is 0.415. The lowest BCUT2D eigenvalue weighted by Crippen LogP contribution is -1.98. The van der Waals surface area contributed by atoms with Crippen LogP contribution in [0.15, 0.2) is 66.1 Å². The molecule has 0 spiro atoms. The molecule has 0 bridgehead atoms. The van der Waals surface area contributed by atoms with Crippen LogP contribution in [0, 0.1) is 12.7 Å². The maximum absolute atomic E-state index is 13.3. The van der Waals surface area contributed by atoms with E-state index in [2.05, 4.69) is 15.1 Å². The zero-order valence-corrected chi connectivity index (χ0v) is 14.4. The lowest BCUT2D eigenvalue weighted by molar-refractivity contribution is 0.626. The second-order valence-electron chi connectivity index (χ2n) is 5.73. The summed E-state index contributed by atoms with van der Waals surface area (Å²) in [7, 11) is 0. The molecule has 4 rings (SSSR count). The molecule has 0 saturated heterocycles. The average molecular weight is 350 g/mol. The second-order valence-corrected chi connectivity index (χ2v) is 6.69. The van der Waals surface area contributed by atoms with Crippen LogP contribution in [0.3, 0.4) is 0 Å². The first-order chi connectivity index (χ1) is 12.2. The average Bonchev–Trinajstić information content (AvgIpc) is 3.05. The van der Waals surface area contributed by atoms with E-state index in [1.807, 2.05) is 41.9 Å². The molecule has 0 unspecified atom stereocenters. The number of benzene rings is 2. The highest BCUT2D eigenvalue weighted by Gasteiger charge is 2.11. The molecule has 0 aliphatic rings. The molecule has 0 N–H and O–H groups in total. The quantitative estimate of drug-likeness (QED) is 0.400. The molecule has 2 aromatic heterocycles. The number of rotatable bonds is 4. The van der Waals surface area contributed by atoms with Crippen LogP contribution in [0.1, 0.15) is 11.1 Å². The van der Waals surface area contributed by atoms with Crippen LogP contribution in [0.4, 0.5) is 4.39 Å². The van der Waals surface area contributed by atoms with Gasteiger partial charge in [-0.2, -0.15) is 5.10 Å². The van der Waals surface area contributed by atoms with Crippen molar-refractivity contribution in [1.29, 1.82) is 0 Å². The Morgan fingerprint density at radius 3 is 2.72 bits per heavy atom. The minimum atomic E-state index is -0.224. The molecule has 0 radical (unpaired) electrons. The number of hydrogen-bond acceptors (Lipinski definition) is 4. The zero-order chi connectivity index (χ0) is 17.2. The highest BCUT2D eigenvalue weighted by Crippen LogP contribution is 2.28. The summed E-state index contributed by atoms with van der Waals surface area (Å²) in [5, 5.41) is 6.20. The van der Waals surface area contributed by atoms with Gasteiger partial charge in [-0.15, -0.1) is 11.8 Å². The van der Waals surface area contributed by atoms with E-state index < -0.39 is 0 Å². The molecule has 2 aromatic carbocycles. The Balaban J connectivity index is 1.66. The van der Waals surface area contributed by atoms with E-state index in [9.17, 15) is 4.39 Å². The predicted octanol–water partition coefficient (Wildman–Crippen LogP) is 4.56. The lowest BCUT2D eigenvalue weighted by atomic mass is 10.2. The Hall–Kier alpha value is -2.73. The highest BCUT2D eigenvalue weighted by atomic mass is 32.2. The molecule has 0 saturated carbocycles. The van der Waals surface area contributed by atoms with E-state index in [0.29, 0.717) is 5.75 Å². The fraction of sp³-hybridized carbons (Fsp3) is 0.105. The molecule has 2 heterocycles. The van der Waals surface area contributed by atoms with E-state index >= 15 is 0 Å². The van der Waals surface area contributed by atoms with Gasteiger partial charge in [-0.3, -0.25) is 0 Å². The van der Waals surface area contributed by atoms with Crippen LogP contribution in [0.25, 0.3) is 16.7 Å². The summed E-state index contributed by atoms with van der Waals surface area (Å²) in [6, 6.07) is 14.7. The van der Waals surface area contributed by atoms with Crippen molar-refractivity contribution in [3.8, 4) is 5.69 Å². The standard InChI is InChI=1S/C19H15FN4S/c1-13-5-7-16(8-6-13)24-18-17(10-23-24)19(22-12-21-18)25-11-14-3-2-4-15(20)9-14/h2-10,12H,11H2,1H3. The summed E-state index contributed by atoms with van der Waals surface area (Å²) in [5.41, 5.74) is 3.84. The molecule has 0 aliphatic heterocycles. The maximum Gasteiger partial charge on any atom is 0.167 e. The summed E-state index contributed by atoms with van der Waals surface area (Å²) in [4.78, 5) is 8.76. The van der Waals surface area contributed by atoms with Gasteiger partial charge in [-0.25, -0.2) is 19.0 Å². The Bertz CT molecular complexity index is 1030. The van der Waals surface area contributed by atoms with Crippen LogP contribution < -0.4 is 0 Å². The zero-order valence-electron chi connectivity index (χ0n) is 13.6. The fourth-order valence-electron chi connectivity index (χ4n) is 2.59. The third-order valence-electron chi connectivity index (χ3n) is 3.87. The van der Waals surface area contributed by atoms with Crippen LogP contribution in [0.5, 0.6) is 0 Å². The molecular formula is C19H15FN4S. The molecule has 0 amide bonds. The Morgan fingerprint density at radius 1 is 1.08 bits per heavy atom. The Morgan fingerprint density at radius 2 is 1.92 bits per heavy atom. The van der Waals surface area contributed by atoms with Gasteiger partial charge >= 0.3 is 0 Å². The van der Waals surface area contributed by atoms with Crippen molar-refractivity contribution in [3.05, 3.63) is 78.0 Å². The first-order valence-electron chi connectivity index (χ1n) is 7.84. The van der Waals surface area contributed by atoms with Gasteiger partial charge in [0.2, 0.25) is 0 Å². The van der Waals surface area contributed by atoms with E-state index in [1.165, 1.54) is 11.6 Å². The van der Waals surface area contributed by atoms with Crippen molar-refractivity contribution in [2.24, 2.45) is 0 Å². The summed E-state index contributed by atoms with van der Waals surface area (Å²) >= 11 is 1.55. The topological polar surface area (TPSA) is 43.6 Å². The number of hydrogen-bond donors (Lipinski definition) is 0. The minimum Gasteiger partial charge on any atom is -0.229 e. The maximum atomic E-state index is 13.3. The molecule has 4 aromatic rings. The first-order valence-corrected chi connectivity index (χ1v) is 8.82. The molecule has 6 heteroatoms. The monoisotopic (exact) mass is 350 g/mol. The number of aromatic nitrogens is 4. The van der Waals surface area contributed by atoms with Crippen molar-refractivity contribution in [1.82, 2.24) is 19.7 Å². The van der Waals surface area contributed by atoms with Crippen LogP contribution in [-0.2, 0) is 5.75 Å². The van der Waals surface area contributed by atoms with Crippen LogP contribution in [-0.4, -0.2) is 19.7 Å². The number of thioether (sulfide) groups is 1. The van der Waals surface area contributed by atoms with Gasteiger partial charge < -0.3 is 0 Å². The van der Waals surface area contributed by atoms with Gasteiger partial charge in [0.15, 0.2) is 5.65 Å². The van der Waals surface area contributed by atoms with Crippen molar-refractivity contribution >= 4 is 22.8 Å². The first kappa shape index (κ1) is 15.8. The molecule has 25 heavy (non-hydrogen) atoms. The van der Waals surface area contributed by atoms with Gasteiger partial charge in [-0.1, -0.05) is 29.8 Å². The van der Waals surface area contributed by atoms with Crippen LogP contribution >= 0.6 is 11.8 Å². The fourth-order valence-corrected chi connectivity index (χ4v) is 3.50. The van der Waals surface area contributed by atoms with E-state index in [-0.39, 0.29) is 5.82 Å². The third kappa shape index (κ3) is 3.25. The molecule has 0 atom stereocenters. The number of aryl methyl sites for hydroxylation is 1. The van der Waals surface area contributed by atoms with Crippen molar-refractivity contribution in [2.45, 2.75) is 17.7 Å². The van der Waals surface area contributed by atoms with Crippen LogP contribution in [0.2, 0.25) is 0 Å². The smallest absolute Gasteiger partial charge is 0.167 e. The third-order valence-corrected chi connectivity index (χ3v) is 4.95. The van der Waals surface area contributed by atoms with Gasteiger partial charge in [0.25, 0.3) is 0 Å². The van der Waals surface area contributed by atoms with Gasteiger partial charge in [0.1, 0.15) is 17.2 Å². The highest BCUT2D eigenvalue weighted by molar-refractivity contribution is 7.98. The summed E-state index contributed by atoms with van der Waals surface area (Å²) < 4.78 is 15.1. The molecule has 0 aliphatic carbocycles.